The van der Waals surface area contributed by atoms with Crippen LogP contribution in [0.2, 0.25) is 0 Å². The summed E-state index contributed by atoms with van der Waals surface area (Å²) in [5.74, 6) is 0.531. The Labute approximate surface area is 161 Å². The molecule has 0 aliphatic heterocycles. The number of aromatic nitrogens is 2. The first kappa shape index (κ1) is 19.2. The predicted octanol–water partition coefficient (Wildman–Crippen LogP) is 3.87. The minimum atomic E-state index is -0.486. The molecule has 3 rings (SSSR count). The smallest absolute Gasteiger partial charge is 0.322 e. The molecule has 0 bridgehead atoms. The third kappa shape index (κ3) is 5.00. The highest BCUT2D eigenvalue weighted by molar-refractivity contribution is 5.90. The Morgan fingerprint density at radius 1 is 1.07 bits per heavy atom. The van der Waals surface area contributed by atoms with Gasteiger partial charge < -0.3 is 4.42 Å². The van der Waals surface area contributed by atoms with Gasteiger partial charge in [-0.15, -0.1) is 5.10 Å². The molecule has 0 spiro atoms. The van der Waals surface area contributed by atoms with Gasteiger partial charge in [-0.2, -0.15) is 0 Å². The first-order valence-electron chi connectivity index (χ1n) is 8.85. The number of carbonyl (C=O) groups is 1. The van der Waals surface area contributed by atoms with E-state index < -0.39 is 4.92 Å². The summed E-state index contributed by atoms with van der Waals surface area (Å²) in [6.07, 6.45) is 0.524. The Morgan fingerprint density at radius 3 is 2.32 bits per heavy atom. The van der Waals surface area contributed by atoms with Crippen LogP contribution in [0.1, 0.15) is 42.3 Å². The molecule has 1 heterocycles. The fourth-order valence-electron chi connectivity index (χ4n) is 2.65. The molecule has 0 radical (unpaired) electrons. The van der Waals surface area contributed by atoms with Crippen LogP contribution in [-0.4, -0.2) is 21.0 Å². The maximum absolute atomic E-state index is 12.1. The second-order valence-electron chi connectivity index (χ2n) is 6.72. The number of nitrogens with zero attached hydrogens (tertiary/aromatic N) is 3. The van der Waals surface area contributed by atoms with Crippen LogP contribution in [0, 0.1) is 10.1 Å². The molecule has 1 aromatic heterocycles. The van der Waals surface area contributed by atoms with E-state index in [0.717, 1.165) is 5.56 Å². The molecule has 3 aromatic rings. The number of carbonyl (C=O) groups excluding carboxylic acids is 1. The van der Waals surface area contributed by atoms with Crippen molar-refractivity contribution in [3.05, 3.63) is 81.2 Å². The number of non-ortho nitro benzene ring substituents is 1. The maximum atomic E-state index is 12.1. The van der Waals surface area contributed by atoms with E-state index in [-0.39, 0.29) is 24.0 Å². The lowest BCUT2D eigenvalue weighted by Gasteiger charge is -2.05. The molecule has 144 valence electrons. The number of amides is 1. The number of nitro groups is 1. The minimum Gasteiger partial charge on any atom is -0.407 e. The van der Waals surface area contributed by atoms with E-state index in [9.17, 15) is 14.9 Å². The zero-order chi connectivity index (χ0) is 20.1. The lowest BCUT2D eigenvalue weighted by Crippen LogP contribution is -2.14. The van der Waals surface area contributed by atoms with Crippen molar-refractivity contribution in [3.63, 3.8) is 0 Å². The lowest BCUT2D eigenvalue weighted by molar-refractivity contribution is -0.384. The molecular weight excluding hydrogens is 360 g/mol. The van der Waals surface area contributed by atoms with Crippen molar-refractivity contribution >= 4 is 17.6 Å². The molecule has 1 amide bonds. The molecule has 0 aliphatic rings. The number of hydrogen-bond donors (Lipinski definition) is 1. The Hall–Kier alpha value is -3.55. The topological polar surface area (TPSA) is 111 Å². The van der Waals surface area contributed by atoms with E-state index >= 15 is 0 Å². The number of hydrogen-bond acceptors (Lipinski definition) is 6. The maximum Gasteiger partial charge on any atom is 0.322 e. The van der Waals surface area contributed by atoms with Crippen molar-refractivity contribution in [1.82, 2.24) is 10.2 Å². The largest absolute Gasteiger partial charge is 0.407 e. The zero-order valence-corrected chi connectivity index (χ0v) is 15.6. The van der Waals surface area contributed by atoms with Gasteiger partial charge >= 0.3 is 6.01 Å². The molecule has 0 fully saturated rings. The van der Waals surface area contributed by atoms with E-state index in [2.05, 4.69) is 41.5 Å². The van der Waals surface area contributed by atoms with Gasteiger partial charge in [-0.3, -0.25) is 20.2 Å². The molecule has 0 saturated heterocycles. The standard InChI is InChI=1S/C20H20N4O4/c1-13(2)16-7-3-15(4-8-16)12-19-22-23-20(28-19)21-18(25)11-14-5-9-17(10-6-14)24(26)27/h3-10,13H,11-12H2,1-2H3,(H,21,23,25). The van der Waals surface area contributed by atoms with Crippen LogP contribution >= 0.6 is 0 Å². The molecule has 8 heteroatoms. The van der Waals surface area contributed by atoms with Crippen LogP contribution in [0.5, 0.6) is 0 Å². The molecule has 0 atom stereocenters. The Kier molecular flexibility index (Phi) is 5.78. The van der Waals surface area contributed by atoms with E-state index in [1.54, 1.807) is 0 Å². The number of nitrogens with one attached hydrogen (secondary N) is 1. The van der Waals surface area contributed by atoms with Gasteiger partial charge in [-0.1, -0.05) is 55.3 Å². The molecule has 0 aliphatic carbocycles. The van der Waals surface area contributed by atoms with E-state index in [4.69, 9.17) is 4.42 Å². The van der Waals surface area contributed by atoms with Gasteiger partial charge in [0, 0.05) is 12.1 Å². The van der Waals surface area contributed by atoms with Gasteiger partial charge in [0.25, 0.3) is 5.69 Å². The molecule has 8 nitrogen and oxygen atoms in total. The first-order chi connectivity index (χ1) is 13.4. The normalized spacial score (nSPS) is 10.8. The van der Waals surface area contributed by atoms with Crippen molar-refractivity contribution in [1.29, 1.82) is 0 Å². The fourth-order valence-corrected chi connectivity index (χ4v) is 2.65. The summed E-state index contributed by atoms with van der Waals surface area (Å²) >= 11 is 0. The van der Waals surface area contributed by atoms with Gasteiger partial charge in [-0.05, 0) is 22.6 Å². The summed E-state index contributed by atoms with van der Waals surface area (Å²) < 4.78 is 5.48. The highest BCUT2D eigenvalue weighted by Crippen LogP contribution is 2.17. The zero-order valence-electron chi connectivity index (χ0n) is 15.6. The van der Waals surface area contributed by atoms with Crippen LogP contribution in [0.15, 0.2) is 52.9 Å². The Balaban J connectivity index is 1.56. The second kappa shape index (κ2) is 8.43. The molecule has 28 heavy (non-hydrogen) atoms. The highest BCUT2D eigenvalue weighted by Gasteiger charge is 2.12. The average molecular weight is 380 g/mol. The van der Waals surface area contributed by atoms with Crippen molar-refractivity contribution in [2.24, 2.45) is 0 Å². The number of rotatable bonds is 7. The fraction of sp³-hybridized carbons (Fsp3) is 0.250. The van der Waals surface area contributed by atoms with Crippen LogP contribution in [0.4, 0.5) is 11.7 Å². The van der Waals surface area contributed by atoms with Gasteiger partial charge in [0.05, 0.1) is 17.8 Å². The summed E-state index contributed by atoms with van der Waals surface area (Å²) in [5, 5.41) is 21.0. The molecular formula is C20H20N4O4. The van der Waals surface area contributed by atoms with Gasteiger partial charge in [0.1, 0.15) is 0 Å². The van der Waals surface area contributed by atoms with Crippen molar-refractivity contribution < 1.29 is 14.1 Å². The first-order valence-corrected chi connectivity index (χ1v) is 8.85. The van der Waals surface area contributed by atoms with Gasteiger partial charge in [0.2, 0.25) is 11.8 Å². The summed E-state index contributed by atoms with van der Waals surface area (Å²) in [6, 6.07) is 14.0. The molecule has 0 unspecified atom stereocenters. The van der Waals surface area contributed by atoms with Crippen LogP contribution in [0.25, 0.3) is 0 Å². The Morgan fingerprint density at radius 2 is 1.71 bits per heavy atom. The third-order valence-electron chi connectivity index (χ3n) is 4.23. The lowest BCUT2D eigenvalue weighted by atomic mass is 10.0. The summed E-state index contributed by atoms with van der Waals surface area (Å²) in [7, 11) is 0. The average Bonchev–Trinajstić information content (AvgIpc) is 3.09. The number of nitro benzene ring substituents is 1. The quantitative estimate of drug-likeness (QED) is 0.492. The minimum absolute atomic E-state index is 0.0212. The summed E-state index contributed by atoms with van der Waals surface area (Å²) in [6.45, 7) is 4.28. The van der Waals surface area contributed by atoms with Crippen molar-refractivity contribution in [2.75, 3.05) is 5.32 Å². The van der Waals surface area contributed by atoms with E-state index in [1.807, 2.05) is 12.1 Å². The monoisotopic (exact) mass is 380 g/mol. The van der Waals surface area contributed by atoms with Crippen LogP contribution in [0.3, 0.4) is 0 Å². The van der Waals surface area contributed by atoms with Crippen LogP contribution in [-0.2, 0) is 17.6 Å². The van der Waals surface area contributed by atoms with Crippen molar-refractivity contribution in [2.45, 2.75) is 32.6 Å². The number of anilines is 1. The molecule has 0 saturated carbocycles. The van der Waals surface area contributed by atoms with E-state index in [1.165, 1.54) is 29.8 Å². The Bertz CT molecular complexity index is 963. The predicted molar refractivity (Wildman–Crippen MR) is 103 cm³/mol. The second-order valence-corrected chi connectivity index (χ2v) is 6.72. The van der Waals surface area contributed by atoms with Crippen LogP contribution < -0.4 is 5.32 Å². The van der Waals surface area contributed by atoms with E-state index in [0.29, 0.717) is 23.8 Å². The summed E-state index contributed by atoms with van der Waals surface area (Å²) in [4.78, 5) is 22.3. The number of benzene rings is 2. The summed E-state index contributed by atoms with van der Waals surface area (Å²) in [5.41, 5.74) is 2.92. The molecule has 2 aromatic carbocycles. The van der Waals surface area contributed by atoms with Gasteiger partial charge in [0.15, 0.2) is 0 Å². The third-order valence-corrected chi connectivity index (χ3v) is 4.23. The highest BCUT2D eigenvalue weighted by atomic mass is 16.6. The SMILES string of the molecule is CC(C)c1ccc(Cc2nnc(NC(=O)Cc3ccc([N+](=O)[O-])cc3)o2)cc1. The van der Waals surface area contributed by atoms with Gasteiger partial charge in [-0.25, -0.2) is 0 Å². The van der Waals surface area contributed by atoms with Crippen molar-refractivity contribution in [3.8, 4) is 0 Å². The molecule has 1 N–H and O–H groups in total.